The first-order chi connectivity index (χ1) is 37.1. The molecule has 2 aromatic heterocycles. The van der Waals surface area contributed by atoms with Crippen molar-refractivity contribution in [1.82, 2.24) is 35.7 Å². The van der Waals surface area contributed by atoms with Crippen molar-refractivity contribution < 1.29 is 67.4 Å². The Balaban J connectivity index is 0.806. The van der Waals surface area contributed by atoms with Gasteiger partial charge in [-0.3, -0.25) is 28.8 Å². The Morgan fingerprint density at radius 2 is 1.06 bits per heavy atom. The molecule has 6 atom stereocenters. The minimum atomic E-state index is -1.03. The first kappa shape index (κ1) is 61.6. The third-order valence-corrected chi connectivity index (χ3v) is 15.3. The van der Waals surface area contributed by atoms with E-state index < -0.39 is 71.4 Å². The standard InChI is InChI=1S/C55H75N7O14S2/c1-34-47(77-28-58-34)38-13-9-36(10-14-38)22-56-50(67)44-20-40(63)24-61(44)52(69)43(54(3,4)5)19-42(65)26-71-17-18-72-30-74-32-76-33-75-31-73-27-46(66)60-49(55(6,7)8)53(70)62-25-41(64)21-45(62)51(68)57-23-37-11-15-39(16-12-37)48-35(2)59-29-78-48/h9-16,28-29,40-41,43-45,49,63-64H,17-27,30-33H2,1-8H3,(H,56,67)(H,57,68)(H,60,66)/t40-,41-,43-,44+,45+,49-/m1/s1. The van der Waals surface area contributed by atoms with Crippen LogP contribution in [0.15, 0.2) is 59.6 Å². The Bertz CT molecular complexity index is 2440. The van der Waals surface area contributed by atoms with E-state index in [0.717, 1.165) is 43.4 Å². The van der Waals surface area contributed by atoms with Gasteiger partial charge in [0.2, 0.25) is 29.5 Å². The van der Waals surface area contributed by atoms with Crippen LogP contribution in [0.1, 0.15) is 83.3 Å². The van der Waals surface area contributed by atoms with Crippen molar-refractivity contribution in [3.63, 3.8) is 0 Å². The number of amides is 5. The normalized spacial score (nSPS) is 18.4. The molecule has 0 radical (unpaired) electrons. The van der Waals surface area contributed by atoms with E-state index in [1.54, 1.807) is 54.5 Å². The number of aryl methyl sites for hydroxylation is 2. The highest BCUT2D eigenvalue weighted by molar-refractivity contribution is 7.13. The monoisotopic (exact) mass is 1120 g/mol. The fraction of sp³-hybridized carbons (Fsp3) is 0.564. The number of ether oxygens (including phenoxy) is 6. The molecule has 4 heterocycles. The van der Waals surface area contributed by atoms with Gasteiger partial charge in [0.05, 0.1) is 57.6 Å². The zero-order valence-corrected chi connectivity index (χ0v) is 47.4. The van der Waals surface area contributed by atoms with Crippen molar-refractivity contribution in [3.8, 4) is 20.9 Å². The molecule has 21 nitrogen and oxygen atoms in total. The predicted molar refractivity (Wildman–Crippen MR) is 290 cm³/mol. The Labute approximate surface area is 463 Å². The maximum Gasteiger partial charge on any atom is 0.246 e. The molecule has 6 rings (SSSR count). The van der Waals surface area contributed by atoms with Gasteiger partial charge in [-0.2, -0.15) is 0 Å². The molecular formula is C55H75N7O14S2. The summed E-state index contributed by atoms with van der Waals surface area (Å²) in [6.07, 6.45) is -1.75. The molecule has 2 aliphatic rings. The molecule has 5 amide bonds. The van der Waals surface area contributed by atoms with Gasteiger partial charge in [0, 0.05) is 51.4 Å². The van der Waals surface area contributed by atoms with Crippen molar-refractivity contribution in [1.29, 1.82) is 0 Å². The third-order valence-electron chi connectivity index (χ3n) is 13.3. The van der Waals surface area contributed by atoms with Crippen molar-refractivity contribution in [2.75, 3.05) is 66.7 Å². The minimum Gasteiger partial charge on any atom is -0.391 e. The van der Waals surface area contributed by atoms with Gasteiger partial charge in [-0.1, -0.05) is 90.1 Å². The number of carbonyl (C=O) groups is 6. The number of aromatic nitrogens is 2. The summed E-state index contributed by atoms with van der Waals surface area (Å²) in [7, 11) is 0. The summed E-state index contributed by atoms with van der Waals surface area (Å²) in [5.74, 6) is -3.32. The van der Waals surface area contributed by atoms with Crippen molar-refractivity contribution in [2.45, 2.75) is 118 Å². The highest BCUT2D eigenvalue weighted by Gasteiger charge is 2.46. The number of rotatable bonds is 28. The lowest BCUT2D eigenvalue weighted by atomic mass is 9.77. The molecule has 2 saturated heterocycles. The molecule has 0 saturated carbocycles. The van der Waals surface area contributed by atoms with Crippen LogP contribution in [0.4, 0.5) is 0 Å². The van der Waals surface area contributed by atoms with E-state index in [4.69, 9.17) is 28.4 Å². The summed E-state index contributed by atoms with van der Waals surface area (Å²) in [5, 5.41) is 29.7. The number of ketones is 1. The van der Waals surface area contributed by atoms with Crippen LogP contribution in [0.5, 0.6) is 0 Å². The van der Waals surface area contributed by atoms with Crippen molar-refractivity contribution in [3.05, 3.63) is 82.1 Å². The number of benzene rings is 2. The van der Waals surface area contributed by atoms with E-state index >= 15 is 0 Å². The van der Waals surface area contributed by atoms with E-state index in [1.165, 1.54) is 9.80 Å². The molecule has 2 fully saturated rings. The number of β-amino-alcohol motifs (C(OH)–C–C–N with tert-alkyl or cyclic N) is 2. The van der Waals surface area contributed by atoms with E-state index in [9.17, 15) is 39.0 Å². The fourth-order valence-corrected chi connectivity index (χ4v) is 10.7. The second-order valence-corrected chi connectivity index (χ2v) is 23.3. The summed E-state index contributed by atoms with van der Waals surface area (Å²) in [6.45, 7) is 13.8. The van der Waals surface area contributed by atoms with Gasteiger partial charge in [-0.05, 0) is 46.9 Å². The third kappa shape index (κ3) is 18.0. The highest BCUT2D eigenvalue weighted by atomic mass is 32.1. The Kier molecular flexibility index (Phi) is 22.9. The van der Waals surface area contributed by atoms with Gasteiger partial charge in [0.15, 0.2) is 19.4 Å². The van der Waals surface area contributed by atoms with Gasteiger partial charge < -0.3 is 64.4 Å². The lowest BCUT2D eigenvalue weighted by Gasteiger charge is -2.35. The van der Waals surface area contributed by atoms with Gasteiger partial charge in [-0.15, -0.1) is 22.7 Å². The van der Waals surface area contributed by atoms with Gasteiger partial charge in [0.1, 0.15) is 44.9 Å². The number of likely N-dealkylation sites (tertiary alicyclic amines) is 2. The second-order valence-electron chi connectivity index (χ2n) is 21.6. The molecule has 2 aliphatic heterocycles. The topological polar surface area (TPSA) is 267 Å². The summed E-state index contributed by atoms with van der Waals surface area (Å²) >= 11 is 3.12. The van der Waals surface area contributed by atoms with E-state index in [1.807, 2.05) is 83.1 Å². The van der Waals surface area contributed by atoms with E-state index in [2.05, 4.69) is 25.9 Å². The number of aliphatic hydroxyl groups is 2. The number of hydrogen-bond acceptors (Lipinski definition) is 18. The largest absolute Gasteiger partial charge is 0.391 e. The quantitative estimate of drug-likeness (QED) is 0.0388. The van der Waals surface area contributed by atoms with Crippen molar-refractivity contribution in [2.24, 2.45) is 16.7 Å². The van der Waals surface area contributed by atoms with E-state index in [0.29, 0.717) is 0 Å². The maximum atomic E-state index is 14.0. The molecule has 0 aliphatic carbocycles. The molecular weight excluding hydrogens is 1050 g/mol. The molecule has 5 N–H and O–H groups in total. The van der Waals surface area contributed by atoms with Crippen molar-refractivity contribution >= 4 is 58.0 Å². The molecule has 23 heteroatoms. The maximum absolute atomic E-state index is 14.0. The van der Waals surface area contributed by atoms with E-state index in [-0.39, 0.29) is 110 Å². The Morgan fingerprint density at radius 1 is 0.615 bits per heavy atom. The lowest BCUT2D eigenvalue weighted by molar-refractivity contribution is -0.194. The average molecular weight is 1120 g/mol. The van der Waals surface area contributed by atoms with Crippen LogP contribution < -0.4 is 16.0 Å². The SMILES string of the molecule is Cc1ncsc1-c1ccc(CNC(=O)[C@@H]2C[C@@H](O)CN2C(=O)[C@@H](CC(=O)COCCOCOCOCOCOCC(=O)N[C@H](C(=O)N2C[C@H](O)C[C@H]2C(=O)NCc2ccc(-c3scnc3C)cc2)C(C)(C)C)C(C)(C)C)cc1. The number of thiazole rings is 2. The second kappa shape index (κ2) is 29.0. The van der Waals surface area contributed by atoms with Crippen LogP contribution in [0, 0.1) is 30.6 Å². The minimum absolute atomic E-state index is 0.0132. The molecule has 0 spiro atoms. The average Bonchev–Trinajstić information content (AvgIpc) is 4.27. The molecule has 2 aromatic carbocycles. The Morgan fingerprint density at radius 3 is 1.51 bits per heavy atom. The molecule has 0 bridgehead atoms. The fourth-order valence-electron chi connectivity index (χ4n) is 9.03. The van der Waals surface area contributed by atoms with Gasteiger partial charge in [-0.25, -0.2) is 9.97 Å². The van der Waals surface area contributed by atoms with Crippen LogP contribution in [0.2, 0.25) is 0 Å². The first-order valence-corrected chi connectivity index (χ1v) is 27.6. The molecule has 78 heavy (non-hydrogen) atoms. The number of nitrogens with one attached hydrogen (secondary N) is 3. The summed E-state index contributed by atoms with van der Waals surface area (Å²) in [6, 6.07) is 12.8. The van der Waals surface area contributed by atoms with Crippen LogP contribution in [-0.2, 0) is 70.3 Å². The number of aliphatic hydroxyl groups excluding tert-OH is 2. The summed E-state index contributed by atoms with van der Waals surface area (Å²) in [5.41, 5.74) is 7.92. The van der Waals surface area contributed by atoms with Gasteiger partial charge >= 0.3 is 0 Å². The number of nitrogens with zero attached hydrogens (tertiary/aromatic N) is 4. The molecule has 0 unspecified atom stereocenters. The number of hydrogen-bond donors (Lipinski definition) is 5. The summed E-state index contributed by atoms with van der Waals surface area (Å²) < 4.78 is 32.0. The number of Topliss-reactive ketones (excluding diaryl/α,β-unsaturated/α-hetero) is 1. The van der Waals surface area contributed by atoms with Crippen LogP contribution in [-0.4, -0.2) is 162 Å². The molecule has 426 valence electrons. The highest BCUT2D eigenvalue weighted by Crippen LogP contribution is 2.34. The molecule has 4 aromatic rings. The summed E-state index contributed by atoms with van der Waals surface area (Å²) in [4.78, 5) is 94.3. The smallest absolute Gasteiger partial charge is 0.246 e. The van der Waals surface area contributed by atoms with Crippen LogP contribution >= 0.6 is 22.7 Å². The predicted octanol–water partition coefficient (Wildman–Crippen LogP) is 4.49. The first-order valence-electron chi connectivity index (χ1n) is 25.9. The number of carbonyl (C=O) groups excluding carboxylic acids is 6. The van der Waals surface area contributed by atoms with Gasteiger partial charge in [0.25, 0.3) is 0 Å². The zero-order chi connectivity index (χ0) is 56.6. The zero-order valence-electron chi connectivity index (χ0n) is 45.7. The van der Waals surface area contributed by atoms with Crippen LogP contribution in [0.3, 0.4) is 0 Å². The Hall–Kier alpha value is -5.60. The van der Waals surface area contributed by atoms with Crippen LogP contribution in [0.25, 0.3) is 20.9 Å². The lowest BCUT2D eigenvalue weighted by Crippen LogP contribution is -2.58.